The Morgan fingerprint density at radius 1 is 1.16 bits per heavy atom. The van der Waals surface area contributed by atoms with Gasteiger partial charge in [-0.3, -0.25) is 4.79 Å². The van der Waals surface area contributed by atoms with Crippen molar-refractivity contribution in [2.24, 2.45) is 0 Å². The summed E-state index contributed by atoms with van der Waals surface area (Å²) >= 11 is 6.13. The summed E-state index contributed by atoms with van der Waals surface area (Å²) < 4.78 is 37.5. The van der Waals surface area contributed by atoms with Crippen molar-refractivity contribution in [2.45, 2.75) is 24.3 Å². The van der Waals surface area contributed by atoms with E-state index in [9.17, 15) is 18.0 Å². The van der Waals surface area contributed by atoms with Crippen LogP contribution < -0.4 is 4.90 Å². The number of ether oxygens (including phenoxy) is 2. The van der Waals surface area contributed by atoms with E-state index in [1.807, 2.05) is 31.2 Å². The highest BCUT2D eigenvalue weighted by atomic mass is 35.5. The van der Waals surface area contributed by atoms with Gasteiger partial charge in [-0.25, -0.2) is 13.2 Å². The predicted molar refractivity (Wildman–Crippen MR) is 118 cm³/mol. The van der Waals surface area contributed by atoms with Crippen LogP contribution in [0.1, 0.15) is 22.8 Å². The molecule has 0 aromatic heterocycles. The largest absolute Gasteiger partial charge is 0.452 e. The lowest BCUT2D eigenvalue weighted by molar-refractivity contribution is -0.122. The third-order valence-corrected chi connectivity index (χ3v) is 7.79. The maximum absolute atomic E-state index is 12.9. The number of halogens is 1. The Labute approximate surface area is 191 Å². The third-order valence-electron chi connectivity index (χ3n) is 5.57. The summed E-state index contributed by atoms with van der Waals surface area (Å²) in [4.78, 5) is 27.0. The van der Waals surface area contributed by atoms with E-state index in [0.717, 1.165) is 17.7 Å². The van der Waals surface area contributed by atoms with Crippen LogP contribution in [0.2, 0.25) is 5.02 Å². The molecule has 0 N–H and O–H groups in total. The fourth-order valence-corrected chi connectivity index (χ4v) is 5.61. The van der Waals surface area contributed by atoms with Crippen molar-refractivity contribution in [3.8, 4) is 0 Å². The second-order valence-electron chi connectivity index (χ2n) is 7.68. The van der Waals surface area contributed by atoms with E-state index in [2.05, 4.69) is 0 Å². The van der Waals surface area contributed by atoms with Crippen LogP contribution in [0.25, 0.3) is 0 Å². The van der Waals surface area contributed by atoms with Crippen molar-refractivity contribution < 1.29 is 27.5 Å². The molecule has 1 saturated heterocycles. The summed E-state index contributed by atoms with van der Waals surface area (Å²) in [5, 5.41) is 0.0447. The quantitative estimate of drug-likeness (QED) is 0.613. The molecule has 2 aliphatic rings. The van der Waals surface area contributed by atoms with Gasteiger partial charge in [0, 0.05) is 24.8 Å². The number of para-hydroxylation sites is 1. The van der Waals surface area contributed by atoms with Gasteiger partial charge in [-0.2, -0.15) is 4.31 Å². The van der Waals surface area contributed by atoms with Crippen LogP contribution in [-0.2, 0) is 30.7 Å². The summed E-state index contributed by atoms with van der Waals surface area (Å²) in [5.74, 6) is -1.22. The van der Waals surface area contributed by atoms with Crippen molar-refractivity contribution >= 4 is 39.2 Å². The lowest BCUT2D eigenvalue weighted by Crippen LogP contribution is -2.40. The van der Waals surface area contributed by atoms with E-state index in [-0.39, 0.29) is 40.5 Å². The molecule has 2 aromatic rings. The fraction of sp³-hybridized carbons (Fsp3) is 0.364. The van der Waals surface area contributed by atoms with Crippen molar-refractivity contribution in [3.63, 3.8) is 0 Å². The molecule has 10 heteroatoms. The van der Waals surface area contributed by atoms with Gasteiger partial charge in [0.2, 0.25) is 10.0 Å². The standard InChI is InChI=1S/C22H23ClN2O6S/c1-15-12-16-4-2-3-5-20(16)25(15)21(26)14-31-22(27)18-13-17(6-7-19(18)23)32(28,29)24-8-10-30-11-9-24/h2-7,13,15H,8-12,14H2,1H3/t15-/m0/s1. The molecule has 2 heterocycles. The van der Waals surface area contributed by atoms with Crippen LogP contribution in [0.3, 0.4) is 0 Å². The Bertz CT molecular complexity index is 1150. The third kappa shape index (κ3) is 4.38. The lowest BCUT2D eigenvalue weighted by Gasteiger charge is -2.26. The van der Waals surface area contributed by atoms with Gasteiger partial charge in [0.05, 0.1) is 28.7 Å². The summed E-state index contributed by atoms with van der Waals surface area (Å²) in [6.07, 6.45) is 0.725. The Kier molecular flexibility index (Phi) is 6.52. The summed E-state index contributed by atoms with van der Waals surface area (Å²) in [6.45, 7) is 2.53. The first-order valence-electron chi connectivity index (χ1n) is 10.2. The fourth-order valence-electron chi connectivity index (χ4n) is 3.98. The van der Waals surface area contributed by atoms with Crippen molar-refractivity contribution in [1.29, 1.82) is 0 Å². The maximum Gasteiger partial charge on any atom is 0.340 e. The zero-order valence-corrected chi connectivity index (χ0v) is 19.1. The molecule has 0 aliphatic carbocycles. The van der Waals surface area contributed by atoms with Gasteiger partial charge in [-0.1, -0.05) is 29.8 Å². The molecule has 170 valence electrons. The number of rotatable bonds is 5. The highest BCUT2D eigenvalue weighted by Gasteiger charge is 2.32. The van der Waals surface area contributed by atoms with Crippen molar-refractivity contribution in [1.82, 2.24) is 4.31 Å². The second kappa shape index (κ2) is 9.19. The summed E-state index contributed by atoms with van der Waals surface area (Å²) in [6, 6.07) is 11.4. The predicted octanol–water partition coefficient (Wildman–Crippen LogP) is 2.50. The molecule has 1 atom stereocenters. The van der Waals surface area contributed by atoms with Gasteiger partial charge in [-0.15, -0.1) is 0 Å². The Balaban J connectivity index is 1.48. The molecule has 2 aromatic carbocycles. The number of anilines is 1. The Morgan fingerprint density at radius 2 is 1.88 bits per heavy atom. The highest BCUT2D eigenvalue weighted by molar-refractivity contribution is 7.89. The van der Waals surface area contributed by atoms with Gasteiger partial charge in [-0.05, 0) is 43.2 Å². The number of sulfonamides is 1. The second-order valence-corrected chi connectivity index (χ2v) is 10.0. The normalized spacial score (nSPS) is 18.9. The van der Waals surface area contributed by atoms with E-state index < -0.39 is 22.6 Å². The average molecular weight is 479 g/mol. The Hall–Kier alpha value is -2.46. The van der Waals surface area contributed by atoms with Gasteiger partial charge in [0.15, 0.2) is 6.61 Å². The molecule has 0 saturated carbocycles. The molecule has 0 radical (unpaired) electrons. The minimum Gasteiger partial charge on any atom is -0.452 e. The lowest BCUT2D eigenvalue weighted by atomic mass is 10.1. The number of fused-ring (bicyclic) bond motifs is 1. The van der Waals surface area contributed by atoms with Crippen molar-refractivity contribution in [2.75, 3.05) is 37.8 Å². The van der Waals surface area contributed by atoms with E-state index in [4.69, 9.17) is 21.1 Å². The molecule has 4 rings (SSSR count). The number of amides is 1. The van der Waals surface area contributed by atoms with E-state index >= 15 is 0 Å². The smallest absolute Gasteiger partial charge is 0.340 e. The van der Waals surface area contributed by atoms with Gasteiger partial charge in [0.1, 0.15) is 0 Å². The average Bonchev–Trinajstić information content (AvgIpc) is 3.13. The number of benzene rings is 2. The zero-order chi connectivity index (χ0) is 22.9. The number of carbonyl (C=O) groups excluding carboxylic acids is 2. The first-order valence-corrected chi connectivity index (χ1v) is 12.1. The van der Waals surface area contributed by atoms with Crippen molar-refractivity contribution in [3.05, 3.63) is 58.6 Å². The van der Waals surface area contributed by atoms with E-state index in [1.165, 1.54) is 22.5 Å². The molecule has 0 bridgehead atoms. The van der Waals surface area contributed by atoms with Crippen LogP contribution in [0.15, 0.2) is 47.4 Å². The summed E-state index contributed by atoms with van der Waals surface area (Å²) in [5.41, 5.74) is 1.75. The number of hydrogen-bond acceptors (Lipinski definition) is 6. The van der Waals surface area contributed by atoms with Crippen LogP contribution in [0.5, 0.6) is 0 Å². The van der Waals surface area contributed by atoms with Gasteiger partial charge < -0.3 is 14.4 Å². The topological polar surface area (TPSA) is 93.2 Å². The molecule has 0 unspecified atom stereocenters. The minimum atomic E-state index is -3.81. The molecule has 2 aliphatic heterocycles. The molecule has 32 heavy (non-hydrogen) atoms. The van der Waals surface area contributed by atoms with Crippen LogP contribution in [0.4, 0.5) is 5.69 Å². The van der Waals surface area contributed by atoms with Crippen LogP contribution in [-0.4, -0.2) is 63.6 Å². The zero-order valence-electron chi connectivity index (χ0n) is 17.5. The highest BCUT2D eigenvalue weighted by Crippen LogP contribution is 2.32. The maximum atomic E-state index is 12.9. The minimum absolute atomic E-state index is 0.0447. The first kappa shape index (κ1) is 22.7. The van der Waals surface area contributed by atoms with Gasteiger partial charge in [0.25, 0.3) is 5.91 Å². The molecular formula is C22H23ClN2O6S. The molecular weight excluding hydrogens is 456 g/mol. The number of carbonyl (C=O) groups is 2. The molecule has 0 spiro atoms. The SMILES string of the molecule is C[C@H]1Cc2ccccc2N1C(=O)COC(=O)c1cc(S(=O)(=O)N2CCOCC2)ccc1Cl. The molecule has 1 amide bonds. The van der Waals surface area contributed by atoms with Crippen LogP contribution >= 0.6 is 11.6 Å². The van der Waals surface area contributed by atoms with Crippen LogP contribution in [0, 0.1) is 0 Å². The molecule has 8 nitrogen and oxygen atoms in total. The number of nitrogens with zero attached hydrogens (tertiary/aromatic N) is 2. The number of esters is 1. The first-order chi connectivity index (χ1) is 15.3. The summed E-state index contributed by atoms with van der Waals surface area (Å²) in [7, 11) is -3.81. The Morgan fingerprint density at radius 3 is 2.62 bits per heavy atom. The monoisotopic (exact) mass is 478 g/mol. The number of morpholine rings is 1. The number of hydrogen-bond donors (Lipinski definition) is 0. The van der Waals surface area contributed by atoms with E-state index in [1.54, 1.807) is 4.90 Å². The molecule has 1 fully saturated rings. The van der Waals surface area contributed by atoms with Gasteiger partial charge >= 0.3 is 5.97 Å². The van der Waals surface area contributed by atoms with E-state index in [0.29, 0.717) is 13.2 Å².